The van der Waals surface area contributed by atoms with Crippen LogP contribution in [-0.2, 0) is 4.74 Å². The lowest BCUT2D eigenvalue weighted by Crippen LogP contribution is -2.36. The summed E-state index contributed by atoms with van der Waals surface area (Å²) in [7, 11) is 0. The van der Waals surface area contributed by atoms with Gasteiger partial charge in [-0.1, -0.05) is 36.4 Å². The minimum absolute atomic E-state index is 0.101. The molecule has 0 atom stereocenters. The predicted molar refractivity (Wildman–Crippen MR) is 114 cm³/mol. The zero-order chi connectivity index (χ0) is 19.3. The number of benzene rings is 3. The van der Waals surface area contributed by atoms with Crippen molar-refractivity contribution < 1.29 is 9.53 Å². The van der Waals surface area contributed by atoms with Gasteiger partial charge in [0.2, 0.25) is 0 Å². The van der Waals surface area contributed by atoms with E-state index >= 15 is 0 Å². The smallest absolute Gasteiger partial charge is 0.255 e. The number of rotatable bonds is 4. The first-order valence-electron chi connectivity index (χ1n) is 9.61. The van der Waals surface area contributed by atoms with Gasteiger partial charge in [0.05, 0.1) is 13.2 Å². The molecule has 0 bridgehead atoms. The maximum atomic E-state index is 12.6. The van der Waals surface area contributed by atoms with Gasteiger partial charge >= 0.3 is 0 Å². The Morgan fingerprint density at radius 1 is 0.893 bits per heavy atom. The van der Waals surface area contributed by atoms with Crippen LogP contribution in [0.3, 0.4) is 0 Å². The van der Waals surface area contributed by atoms with Crippen molar-refractivity contribution in [2.75, 3.05) is 36.5 Å². The molecular weight excluding hydrogens is 348 g/mol. The van der Waals surface area contributed by atoms with E-state index in [4.69, 9.17) is 4.74 Å². The van der Waals surface area contributed by atoms with E-state index in [2.05, 4.69) is 29.3 Å². The Bertz CT molecular complexity index is 943. The largest absolute Gasteiger partial charge is 0.378 e. The third-order valence-electron chi connectivity index (χ3n) is 5.10. The van der Waals surface area contributed by atoms with E-state index in [1.165, 1.54) is 11.1 Å². The molecule has 3 aromatic carbocycles. The Morgan fingerprint density at radius 3 is 2.25 bits per heavy atom. The molecule has 1 heterocycles. The number of amides is 1. The fourth-order valence-corrected chi connectivity index (χ4v) is 3.48. The molecule has 1 saturated heterocycles. The van der Waals surface area contributed by atoms with Gasteiger partial charge in [0.15, 0.2) is 0 Å². The van der Waals surface area contributed by atoms with Crippen LogP contribution in [0.2, 0.25) is 0 Å². The van der Waals surface area contributed by atoms with Gasteiger partial charge in [-0.3, -0.25) is 4.79 Å². The number of ether oxygens (including phenoxy) is 1. The number of hydrogen-bond acceptors (Lipinski definition) is 3. The highest BCUT2D eigenvalue weighted by Crippen LogP contribution is 2.24. The first-order valence-corrected chi connectivity index (χ1v) is 9.61. The fourth-order valence-electron chi connectivity index (χ4n) is 3.48. The van der Waals surface area contributed by atoms with Gasteiger partial charge in [-0.15, -0.1) is 0 Å². The minimum atomic E-state index is -0.101. The summed E-state index contributed by atoms with van der Waals surface area (Å²) in [6.07, 6.45) is 0. The van der Waals surface area contributed by atoms with E-state index in [1.807, 2.05) is 60.7 Å². The lowest BCUT2D eigenvalue weighted by Gasteiger charge is -2.28. The van der Waals surface area contributed by atoms with E-state index in [1.54, 1.807) is 0 Å². The number of carbonyl (C=O) groups is 1. The van der Waals surface area contributed by atoms with Gasteiger partial charge in [0.25, 0.3) is 5.91 Å². The topological polar surface area (TPSA) is 41.6 Å². The highest BCUT2D eigenvalue weighted by molar-refractivity contribution is 6.04. The van der Waals surface area contributed by atoms with Crippen molar-refractivity contribution in [3.8, 4) is 11.1 Å². The van der Waals surface area contributed by atoms with Crippen LogP contribution in [0, 0.1) is 6.92 Å². The van der Waals surface area contributed by atoms with Crippen LogP contribution >= 0.6 is 0 Å². The van der Waals surface area contributed by atoms with Crippen molar-refractivity contribution in [2.24, 2.45) is 0 Å². The SMILES string of the molecule is Cc1ccccc1-c1ccc(C(=O)Nc2ccc(N3CCOCC3)cc2)cc1. The quantitative estimate of drug-likeness (QED) is 0.718. The van der Waals surface area contributed by atoms with E-state index in [9.17, 15) is 4.79 Å². The molecule has 1 aliphatic heterocycles. The van der Waals surface area contributed by atoms with E-state index in [-0.39, 0.29) is 5.91 Å². The molecule has 4 heteroatoms. The van der Waals surface area contributed by atoms with Crippen molar-refractivity contribution in [1.82, 2.24) is 0 Å². The Labute approximate surface area is 165 Å². The molecule has 0 aliphatic carbocycles. The molecule has 1 aliphatic rings. The Morgan fingerprint density at radius 2 is 1.57 bits per heavy atom. The van der Waals surface area contributed by atoms with Crippen LogP contribution in [0.25, 0.3) is 11.1 Å². The second-order valence-electron chi connectivity index (χ2n) is 6.99. The molecule has 1 fully saturated rings. The second-order valence-corrected chi connectivity index (χ2v) is 6.99. The van der Waals surface area contributed by atoms with Gasteiger partial charge in [-0.05, 0) is 60.0 Å². The Kier molecular flexibility index (Phi) is 5.40. The van der Waals surface area contributed by atoms with E-state index in [0.29, 0.717) is 5.56 Å². The molecule has 0 unspecified atom stereocenters. The molecule has 0 saturated carbocycles. The molecule has 1 N–H and O–H groups in total. The average Bonchev–Trinajstić information content (AvgIpc) is 2.75. The number of nitrogens with zero attached hydrogens (tertiary/aromatic N) is 1. The van der Waals surface area contributed by atoms with E-state index in [0.717, 1.165) is 43.2 Å². The molecule has 4 nitrogen and oxygen atoms in total. The van der Waals surface area contributed by atoms with Crippen LogP contribution in [-0.4, -0.2) is 32.2 Å². The van der Waals surface area contributed by atoms with Crippen LogP contribution in [0.15, 0.2) is 72.8 Å². The maximum absolute atomic E-state index is 12.6. The summed E-state index contributed by atoms with van der Waals surface area (Å²) >= 11 is 0. The highest BCUT2D eigenvalue weighted by Gasteiger charge is 2.12. The van der Waals surface area contributed by atoms with Crippen molar-refractivity contribution in [2.45, 2.75) is 6.92 Å². The number of aryl methyl sites for hydroxylation is 1. The highest BCUT2D eigenvalue weighted by atomic mass is 16.5. The summed E-state index contributed by atoms with van der Waals surface area (Å²) in [5, 5.41) is 2.98. The monoisotopic (exact) mass is 372 g/mol. The molecule has 0 spiro atoms. The minimum Gasteiger partial charge on any atom is -0.378 e. The van der Waals surface area contributed by atoms with E-state index < -0.39 is 0 Å². The zero-order valence-electron chi connectivity index (χ0n) is 16.0. The lowest BCUT2D eigenvalue weighted by molar-refractivity contribution is 0.102. The van der Waals surface area contributed by atoms with Crippen molar-refractivity contribution in [1.29, 1.82) is 0 Å². The molecule has 28 heavy (non-hydrogen) atoms. The standard InChI is InChI=1S/C24H24N2O2/c1-18-4-2-3-5-23(18)19-6-8-20(9-7-19)24(27)25-21-10-12-22(13-11-21)26-14-16-28-17-15-26/h2-13H,14-17H2,1H3,(H,25,27). The van der Waals surface area contributed by atoms with Crippen LogP contribution in [0.5, 0.6) is 0 Å². The van der Waals surface area contributed by atoms with Gasteiger partial charge in [0, 0.05) is 30.0 Å². The second kappa shape index (κ2) is 8.28. The molecule has 0 radical (unpaired) electrons. The normalized spacial score (nSPS) is 14.0. The number of hydrogen-bond donors (Lipinski definition) is 1. The number of carbonyl (C=O) groups excluding carboxylic acids is 1. The Hall–Kier alpha value is -3.11. The van der Waals surface area contributed by atoms with Crippen molar-refractivity contribution in [3.63, 3.8) is 0 Å². The number of anilines is 2. The number of nitrogens with one attached hydrogen (secondary N) is 1. The summed E-state index contributed by atoms with van der Waals surface area (Å²) in [4.78, 5) is 14.9. The summed E-state index contributed by atoms with van der Waals surface area (Å²) < 4.78 is 5.39. The average molecular weight is 372 g/mol. The van der Waals surface area contributed by atoms with Crippen LogP contribution < -0.4 is 10.2 Å². The maximum Gasteiger partial charge on any atom is 0.255 e. The molecular formula is C24H24N2O2. The first-order chi connectivity index (χ1) is 13.7. The van der Waals surface area contributed by atoms with Crippen LogP contribution in [0.1, 0.15) is 15.9 Å². The molecule has 3 aromatic rings. The molecule has 1 amide bonds. The number of morpholine rings is 1. The molecule has 4 rings (SSSR count). The van der Waals surface area contributed by atoms with Crippen molar-refractivity contribution in [3.05, 3.63) is 83.9 Å². The van der Waals surface area contributed by atoms with Gasteiger partial charge in [-0.25, -0.2) is 0 Å². The third-order valence-corrected chi connectivity index (χ3v) is 5.10. The third kappa shape index (κ3) is 4.07. The van der Waals surface area contributed by atoms with Crippen LogP contribution in [0.4, 0.5) is 11.4 Å². The summed E-state index contributed by atoms with van der Waals surface area (Å²) in [5.74, 6) is -0.101. The first kappa shape index (κ1) is 18.3. The van der Waals surface area contributed by atoms with Gasteiger partial charge in [-0.2, -0.15) is 0 Å². The lowest BCUT2D eigenvalue weighted by atomic mass is 9.99. The summed E-state index contributed by atoms with van der Waals surface area (Å²) in [6, 6.07) is 24.0. The van der Waals surface area contributed by atoms with Gasteiger partial charge in [0.1, 0.15) is 0 Å². The summed E-state index contributed by atoms with van der Waals surface area (Å²) in [6.45, 7) is 5.42. The predicted octanol–water partition coefficient (Wildman–Crippen LogP) is 4.75. The molecule has 142 valence electrons. The van der Waals surface area contributed by atoms with Gasteiger partial charge < -0.3 is 15.0 Å². The fraction of sp³-hybridized carbons (Fsp3) is 0.208. The zero-order valence-corrected chi connectivity index (χ0v) is 16.0. The molecule has 0 aromatic heterocycles. The summed E-state index contributed by atoms with van der Waals surface area (Å²) in [5.41, 5.74) is 6.13. The van der Waals surface area contributed by atoms with Crippen molar-refractivity contribution >= 4 is 17.3 Å². The Balaban J connectivity index is 1.43.